The average molecular weight is 378 g/mol. The molecule has 3 N–H and O–H groups in total. The fourth-order valence-electron chi connectivity index (χ4n) is 1.95. The van der Waals surface area contributed by atoms with Crippen molar-refractivity contribution in [2.45, 2.75) is 24.8 Å². The maximum absolute atomic E-state index is 12.1. The van der Waals surface area contributed by atoms with Crippen LogP contribution >= 0.6 is 23.1 Å². The first-order valence-corrected chi connectivity index (χ1v) is 9.31. The number of esters is 1. The molecule has 0 bridgehead atoms. The van der Waals surface area contributed by atoms with Gasteiger partial charge in [0.05, 0.1) is 11.3 Å². The fourth-order valence-corrected chi connectivity index (χ4v) is 3.56. The van der Waals surface area contributed by atoms with E-state index in [1.165, 1.54) is 36.1 Å². The van der Waals surface area contributed by atoms with Gasteiger partial charge in [0.15, 0.2) is 6.10 Å². The topological polar surface area (TPSA) is 98.5 Å². The van der Waals surface area contributed by atoms with Crippen molar-refractivity contribution in [2.75, 3.05) is 11.1 Å². The van der Waals surface area contributed by atoms with Crippen LogP contribution in [0.25, 0.3) is 0 Å². The molecular weight excluding hydrogens is 360 g/mol. The van der Waals surface area contributed by atoms with Gasteiger partial charge in [-0.2, -0.15) is 0 Å². The summed E-state index contributed by atoms with van der Waals surface area (Å²) in [4.78, 5) is 36.3. The Bertz CT molecular complexity index is 788. The standard InChI is InChI=1S/C17H18N2O4S2/c1-10-5-3-4-6-13(10)25-9-14(20)23-11(2)16(22)19-17-12(15(18)21)7-8-24-17/h3-8,11H,9H2,1-2H3,(H2,18,21)(H,19,22)/t11-/m1/s1. The van der Waals surface area contributed by atoms with Gasteiger partial charge in [0.1, 0.15) is 5.00 Å². The molecule has 0 aliphatic heterocycles. The Hall–Kier alpha value is -2.32. The molecule has 0 aliphatic rings. The van der Waals surface area contributed by atoms with E-state index >= 15 is 0 Å². The van der Waals surface area contributed by atoms with Crippen molar-refractivity contribution in [1.29, 1.82) is 0 Å². The van der Waals surface area contributed by atoms with Gasteiger partial charge < -0.3 is 15.8 Å². The normalized spacial score (nSPS) is 11.6. The predicted molar refractivity (Wildman–Crippen MR) is 98.9 cm³/mol. The van der Waals surface area contributed by atoms with Gasteiger partial charge in [-0.1, -0.05) is 18.2 Å². The van der Waals surface area contributed by atoms with E-state index in [1.54, 1.807) is 5.38 Å². The third kappa shape index (κ3) is 5.33. The summed E-state index contributed by atoms with van der Waals surface area (Å²) in [7, 11) is 0. The second-order valence-corrected chi connectivity index (χ2v) is 7.14. The maximum Gasteiger partial charge on any atom is 0.317 e. The minimum Gasteiger partial charge on any atom is -0.452 e. The van der Waals surface area contributed by atoms with Gasteiger partial charge in [-0.3, -0.25) is 14.4 Å². The molecule has 8 heteroatoms. The predicted octanol–water partition coefficient (Wildman–Crippen LogP) is 2.82. The molecule has 2 rings (SSSR count). The Balaban J connectivity index is 1.86. The number of nitrogens with two attached hydrogens (primary N) is 1. The Morgan fingerprint density at radius 1 is 1.28 bits per heavy atom. The molecule has 132 valence electrons. The van der Waals surface area contributed by atoms with E-state index in [-0.39, 0.29) is 11.3 Å². The number of aryl methyl sites for hydroxylation is 1. The first kappa shape index (κ1) is 19.0. The largest absolute Gasteiger partial charge is 0.452 e. The van der Waals surface area contributed by atoms with Crippen LogP contribution in [0.3, 0.4) is 0 Å². The molecule has 0 saturated heterocycles. The van der Waals surface area contributed by atoms with Crippen molar-refractivity contribution in [3.63, 3.8) is 0 Å². The number of hydrogen-bond acceptors (Lipinski definition) is 6. The van der Waals surface area contributed by atoms with Crippen LogP contribution in [0.5, 0.6) is 0 Å². The second-order valence-electron chi connectivity index (χ2n) is 5.20. The number of hydrogen-bond donors (Lipinski definition) is 2. The summed E-state index contributed by atoms with van der Waals surface area (Å²) < 4.78 is 5.14. The molecule has 25 heavy (non-hydrogen) atoms. The minimum atomic E-state index is -0.979. The monoisotopic (exact) mass is 378 g/mol. The highest BCUT2D eigenvalue weighted by molar-refractivity contribution is 8.00. The molecule has 0 radical (unpaired) electrons. The summed E-state index contributed by atoms with van der Waals surface area (Å²) in [5.74, 6) is -1.53. The average Bonchev–Trinajstić information content (AvgIpc) is 3.02. The number of thioether (sulfide) groups is 1. The SMILES string of the molecule is Cc1ccccc1SCC(=O)O[C@H](C)C(=O)Nc1sccc1C(N)=O. The molecule has 2 amide bonds. The van der Waals surface area contributed by atoms with Gasteiger partial charge in [0.2, 0.25) is 0 Å². The molecule has 1 aromatic carbocycles. The molecule has 6 nitrogen and oxygen atoms in total. The van der Waals surface area contributed by atoms with Gasteiger partial charge in [-0.15, -0.1) is 23.1 Å². The fraction of sp³-hybridized carbons (Fsp3) is 0.235. The highest BCUT2D eigenvalue weighted by Crippen LogP contribution is 2.24. The molecule has 1 aromatic heterocycles. The van der Waals surface area contributed by atoms with Crippen LogP contribution in [0.2, 0.25) is 0 Å². The zero-order valence-electron chi connectivity index (χ0n) is 13.8. The number of thiophene rings is 1. The van der Waals surface area contributed by atoms with Gasteiger partial charge in [0, 0.05) is 4.90 Å². The molecule has 1 atom stereocenters. The molecule has 0 unspecified atom stereocenters. The molecule has 0 saturated carbocycles. The highest BCUT2D eigenvalue weighted by atomic mass is 32.2. The number of rotatable bonds is 7. The molecule has 2 aromatic rings. The summed E-state index contributed by atoms with van der Waals surface area (Å²) in [5.41, 5.74) is 6.53. The van der Waals surface area contributed by atoms with E-state index in [9.17, 15) is 14.4 Å². The van der Waals surface area contributed by atoms with Crippen LogP contribution in [-0.4, -0.2) is 29.6 Å². The van der Waals surface area contributed by atoms with Gasteiger partial charge in [-0.25, -0.2) is 0 Å². The third-order valence-corrected chi connectivity index (χ3v) is 5.26. The van der Waals surface area contributed by atoms with Crippen LogP contribution in [0.15, 0.2) is 40.6 Å². The first-order chi connectivity index (χ1) is 11.9. The number of carbonyl (C=O) groups excluding carboxylic acids is 3. The van der Waals surface area contributed by atoms with Crippen molar-refractivity contribution in [3.05, 3.63) is 46.8 Å². The van der Waals surface area contributed by atoms with E-state index in [0.717, 1.165) is 10.5 Å². The number of anilines is 1. The van der Waals surface area contributed by atoms with Crippen LogP contribution < -0.4 is 11.1 Å². The Labute approximate surface area is 153 Å². The minimum absolute atomic E-state index is 0.105. The number of nitrogens with one attached hydrogen (secondary N) is 1. The van der Waals surface area contributed by atoms with Gasteiger partial charge >= 0.3 is 5.97 Å². The van der Waals surface area contributed by atoms with E-state index in [0.29, 0.717) is 5.00 Å². The lowest BCUT2D eigenvalue weighted by atomic mass is 10.2. The highest BCUT2D eigenvalue weighted by Gasteiger charge is 2.20. The van der Waals surface area contributed by atoms with E-state index in [1.807, 2.05) is 31.2 Å². The van der Waals surface area contributed by atoms with Crippen molar-refractivity contribution in [2.24, 2.45) is 5.73 Å². The zero-order chi connectivity index (χ0) is 18.4. The van der Waals surface area contributed by atoms with E-state index in [2.05, 4.69) is 5.32 Å². The molecular formula is C17H18N2O4S2. The summed E-state index contributed by atoms with van der Waals surface area (Å²) in [6.07, 6.45) is -0.979. The number of ether oxygens (including phenoxy) is 1. The van der Waals surface area contributed by atoms with Crippen molar-refractivity contribution < 1.29 is 19.1 Å². The van der Waals surface area contributed by atoms with Crippen molar-refractivity contribution >= 4 is 45.9 Å². The van der Waals surface area contributed by atoms with Crippen molar-refractivity contribution in [1.82, 2.24) is 0 Å². The second kappa shape index (κ2) is 8.68. The van der Waals surface area contributed by atoms with Crippen LogP contribution in [0, 0.1) is 6.92 Å². The van der Waals surface area contributed by atoms with Gasteiger partial charge in [0.25, 0.3) is 11.8 Å². The lowest BCUT2D eigenvalue weighted by Gasteiger charge is -2.13. The van der Waals surface area contributed by atoms with E-state index < -0.39 is 23.9 Å². The Morgan fingerprint density at radius 2 is 2.00 bits per heavy atom. The lowest BCUT2D eigenvalue weighted by Crippen LogP contribution is -2.31. The number of benzene rings is 1. The number of carbonyl (C=O) groups is 3. The van der Waals surface area contributed by atoms with Crippen LogP contribution in [0.4, 0.5) is 5.00 Å². The molecule has 0 spiro atoms. The summed E-state index contributed by atoms with van der Waals surface area (Å²) in [6, 6.07) is 9.23. The smallest absolute Gasteiger partial charge is 0.317 e. The molecule has 1 heterocycles. The molecule has 0 aliphatic carbocycles. The Morgan fingerprint density at radius 3 is 2.68 bits per heavy atom. The number of amides is 2. The van der Waals surface area contributed by atoms with Crippen molar-refractivity contribution in [3.8, 4) is 0 Å². The summed E-state index contributed by atoms with van der Waals surface area (Å²) in [6.45, 7) is 3.43. The maximum atomic E-state index is 12.1. The lowest BCUT2D eigenvalue weighted by molar-refractivity contribution is -0.150. The summed E-state index contributed by atoms with van der Waals surface area (Å²) >= 11 is 2.53. The molecule has 0 fully saturated rings. The first-order valence-electron chi connectivity index (χ1n) is 7.44. The Kier molecular flexibility index (Phi) is 6.60. The van der Waals surface area contributed by atoms with Crippen LogP contribution in [0.1, 0.15) is 22.8 Å². The zero-order valence-corrected chi connectivity index (χ0v) is 15.4. The third-order valence-electron chi connectivity index (χ3n) is 3.28. The van der Waals surface area contributed by atoms with E-state index in [4.69, 9.17) is 10.5 Å². The quantitative estimate of drug-likeness (QED) is 0.570. The number of primary amides is 1. The van der Waals surface area contributed by atoms with Crippen LogP contribution in [-0.2, 0) is 14.3 Å². The summed E-state index contributed by atoms with van der Waals surface area (Å²) in [5, 5.41) is 4.54. The van der Waals surface area contributed by atoms with Gasteiger partial charge in [-0.05, 0) is 36.9 Å².